The van der Waals surface area contributed by atoms with Crippen LogP contribution in [0.4, 0.5) is 0 Å². The number of imidazole rings is 1. The smallest absolute Gasteiger partial charge is 0.419 e. The van der Waals surface area contributed by atoms with E-state index in [0.717, 1.165) is 0 Å². The third kappa shape index (κ3) is 1.37. The molecule has 0 amide bonds. The molecule has 1 N–H and O–H groups in total. The topological polar surface area (TPSA) is 46.1 Å². The molecule has 0 saturated carbocycles. The van der Waals surface area contributed by atoms with Crippen LogP contribution in [0.25, 0.3) is 0 Å². The van der Waals surface area contributed by atoms with Crippen LogP contribution in [0.15, 0.2) is 25.0 Å². The van der Waals surface area contributed by atoms with Gasteiger partial charge >= 0.3 is 11.8 Å². The van der Waals surface area contributed by atoms with Crippen molar-refractivity contribution in [1.82, 2.24) is 4.57 Å². The van der Waals surface area contributed by atoms with Gasteiger partial charge in [0.05, 0.1) is 7.05 Å². The average molecular weight is 167 g/mol. The van der Waals surface area contributed by atoms with E-state index in [1.54, 1.807) is 34.7 Å². The van der Waals surface area contributed by atoms with Gasteiger partial charge in [0, 0.05) is 0 Å². The molecule has 0 fully saturated rings. The maximum Gasteiger partial charge on any atom is 0.419 e. The van der Waals surface area contributed by atoms with E-state index in [-0.39, 0.29) is 5.82 Å². The first-order valence-electron chi connectivity index (χ1n) is 3.55. The number of aromatic carboxylic acids is 1. The average Bonchev–Trinajstić information content (AvgIpc) is 2.32. The van der Waals surface area contributed by atoms with Crippen LogP contribution >= 0.6 is 0 Å². The lowest BCUT2D eigenvalue weighted by Gasteiger charge is -1.93. The molecule has 1 rings (SSSR count). The molecule has 0 aromatic carbocycles. The molecule has 0 radical (unpaired) electrons. The molecule has 0 atom stereocenters. The summed E-state index contributed by atoms with van der Waals surface area (Å²) in [6.07, 6.45) is 5.07. The normalized spacial score (nSPS) is 9.75. The van der Waals surface area contributed by atoms with E-state index in [4.69, 9.17) is 5.11 Å². The molecule has 0 aliphatic rings. The lowest BCUT2D eigenvalue weighted by molar-refractivity contribution is -0.673. The number of hydrogen-bond acceptors (Lipinski definition) is 1. The van der Waals surface area contributed by atoms with Crippen molar-refractivity contribution in [3.63, 3.8) is 0 Å². The van der Waals surface area contributed by atoms with E-state index < -0.39 is 5.97 Å². The summed E-state index contributed by atoms with van der Waals surface area (Å²) in [6, 6.07) is 0. The minimum absolute atomic E-state index is 0.259. The fraction of sp³-hybridized carbons (Fsp3) is 0.250. The Morgan fingerprint density at radius 2 is 2.58 bits per heavy atom. The standard InChI is InChI=1S/C8H10N2O2/c1-3-4-10-6-5-9(2)7(10)8(11)12/h3,5-6H,1,4H2,2H3/p+1. The van der Waals surface area contributed by atoms with Gasteiger partial charge in [-0.1, -0.05) is 12.7 Å². The van der Waals surface area contributed by atoms with Gasteiger partial charge in [0.2, 0.25) is 0 Å². The van der Waals surface area contributed by atoms with Gasteiger partial charge in [-0.2, -0.15) is 0 Å². The number of aryl methyl sites for hydroxylation is 1. The molecule has 1 heterocycles. The van der Waals surface area contributed by atoms with Crippen molar-refractivity contribution in [2.45, 2.75) is 6.54 Å². The molecular formula is C8H11N2O2+. The quantitative estimate of drug-likeness (QED) is 0.516. The first kappa shape index (κ1) is 8.52. The molecule has 0 unspecified atom stereocenters. The Balaban J connectivity index is 3.11. The molecule has 4 heteroatoms. The lowest BCUT2D eigenvalue weighted by atomic mass is 10.5. The van der Waals surface area contributed by atoms with Gasteiger partial charge in [-0.3, -0.25) is 0 Å². The zero-order chi connectivity index (χ0) is 9.14. The van der Waals surface area contributed by atoms with Crippen molar-refractivity contribution in [2.75, 3.05) is 0 Å². The van der Waals surface area contributed by atoms with E-state index in [1.807, 2.05) is 0 Å². The van der Waals surface area contributed by atoms with Gasteiger partial charge in [0.15, 0.2) is 0 Å². The molecule has 1 aromatic heterocycles. The summed E-state index contributed by atoms with van der Waals surface area (Å²) in [5.41, 5.74) is 0. The monoisotopic (exact) mass is 167 g/mol. The molecular weight excluding hydrogens is 156 g/mol. The van der Waals surface area contributed by atoms with Crippen molar-refractivity contribution in [3.8, 4) is 0 Å². The summed E-state index contributed by atoms with van der Waals surface area (Å²) in [6.45, 7) is 4.06. The number of carboxylic acid groups (broad SMARTS) is 1. The van der Waals surface area contributed by atoms with Crippen LogP contribution in [0.3, 0.4) is 0 Å². The largest absolute Gasteiger partial charge is 0.472 e. The van der Waals surface area contributed by atoms with Gasteiger partial charge in [0.1, 0.15) is 18.9 Å². The molecule has 0 aliphatic heterocycles. The van der Waals surface area contributed by atoms with Crippen molar-refractivity contribution >= 4 is 5.97 Å². The van der Waals surface area contributed by atoms with E-state index in [2.05, 4.69) is 6.58 Å². The molecule has 0 saturated heterocycles. The summed E-state index contributed by atoms with van der Waals surface area (Å²) >= 11 is 0. The molecule has 4 nitrogen and oxygen atoms in total. The third-order valence-electron chi connectivity index (χ3n) is 1.59. The van der Waals surface area contributed by atoms with Crippen LogP contribution in [0.1, 0.15) is 10.6 Å². The van der Waals surface area contributed by atoms with Crippen molar-refractivity contribution in [1.29, 1.82) is 0 Å². The Hall–Kier alpha value is -1.58. The summed E-state index contributed by atoms with van der Waals surface area (Å²) in [5, 5.41) is 8.79. The highest BCUT2D eigenvalue weighted by Gasteiger charge is 2.20. The highest BCUT2D eigenvalue weighted by molar-refractivity contribution is 5.81. The van der Waals surface area contributed by atoms with E-state index in [0.29, 0.717) is 6.54 Å². The Kier molecular flexibility index (Phi) is 2.28. The Labute approximate surface area is 70.4 Å². The van der Waals surface area contributed by atoms with Crippen LogP contribution < -0.4 is 4.57 Å². The van der Waals surface area contributed by atoms with Crippen LogP contribution in [-0.2, 0) is 13.6 Å². The molecule has 0 aliphatic carbocycles. The number of rotatable bonds is 3. The molecule has 64 valence electrons. The van der Waals surface area contributed by atoms with Gasteiger partial charge in [-0.05, 0) is 0 Å². The summed E-state index contributed by atoms with van der Waals surface area (Å²) in [5.74, 6) is -0.667. The van der Waals surface area contributed by atoms with Gasteiger partial charge in [-0.15, -0.1) is 0 Å². The minimum atomic E-state index is -0.927. The second kappa shape index (κ2) is 3.21. The molecule has 0 bridgehead atoms. The maximum atomic E-state index is 10.7. The highest BCUT2D eigenvalue weighted by atomic mass is 16.4. The van der Waals surface area contributed by atoms with Crippen LogP contribution in [-0.4, -0.2) is 15.6 Å². The Bertz CT molecular complexity index is 315. The third-order valence-corrected chi connectivity index (χ3v) is 1.59. The van der Waals surface area contributed by atoms with Crippen LogP contribution in [0.2, 0.25) is 0 Å². The fourth-order valence-electron chi connectivity index (χ4n) is 1.08. The molecule has 12 heavy (non-hydrogen) atoms. The van der Waals surface area contributed by atoms with Crippen molar-refractivity contribution < 1.29 is 14.5 Å². The minimum Gasteiger partial charge on any atom is -0.472 e. The second-order valence-corrected chi connectivity index (χ2v) is 2.48. The fourth-order valence-corrected chi connectivity index (χ4v) is 1.08. The van der Waals surface area contributed by atoms with E-state index in [1.165, 1.54) is 0 Å². The number of carbonyl (C=O) groups is 1. The number of carboxylic acids is 1. The summed E-state index contributed by atoms with van der Waals surface area (Å²) in [7, 11) is 1.70. The first-order chi connectivity index (χ1) is 5.66. The van der Waals surface area contributed by atoms with E-state index >= 15 is 0 Å². The maximum absolute atomic E-state index is 10.7. The Morgan fingerprint density at radius 3 is 3.08 bits per heavy atom. The second-order valence-electron chi connectivity index (χ2n) is 2.48. The van der Waals surface area contributed by atoms with Crippen molar-refractivity contribution in [2.24, 2.45) is 7.05 Å². The van der Waals surface area contributed by atoms with Gasteiger partial charge in [-0.25, -0.2) is 13.9 Å². The highest BCUT2D eigenvalue weighted by Crippen LogP contribution is 1.94. The molecule has 1 aromatic rings. The number of allylic oxidation sites excluding steroid dienone is 1. The predicted octanol–water partition coefficient (Wildman–Crippen LogP) is 0.197. The lowest BCUT2D eigenvalue weighted by Crippen LogP contribution is -2.35. The van der Waals surface area contributed by atoms with Crippen molar-refractivity contribution in [3.05, 3.63) is 30.9 Å². The van der Waals surface area contributed by atoms with Crippen LogP contribution in [0, 0.1) is 0 Å². The van der Waals surface area contributed by atoms with E-state index in [9.17, 15) is 4.79 Å². The van der Waals surface area contributed by atoms with Gasteiger partial charge < -0.3 is 5.11 Å². The Morgan fingerprint density at radius 1 is 1.92 bits per heavy atom. The number of aromatic nitrogens is 2. The predicted molar refractivity (Wildman–Crippen MR) is 42.8 cm³/mol. The number of nitrogens with zero attached hydrogens (tertiary/aromatic N) is 2. The summed E-state index contributed by atoms with van der Waals surface area (Å²) in [4.78, 5) is 10.7. The summed E-state index contributed by atoms with van der Waals surface area (Å²) < 4.78 is 3.18. The van der Waals surface area contributed by atoms with Gasteiger partial charge in [0.25, 0.3) is 0 Å². The first-order valence-corrected chi connectivity index (χ1v) is 3.55. The molecule has 0 spiro atoms. The number of hydrogen-bond donors (Lipinski definition) is 1. The zero-order valence-electron chi connectivity index (χ0n) is 6.90. The van der Waals surface area contributed by atoms with Crippen LogP contribution in [0.5, 0.6) is 0 Å². The zero-order valence-corrected chi connectivity index (χ0v) is 6.90. The SMILES string of the molecule is C=CCn1cc[n+](C)c1C(=O)O.